The van der Waals surface area contributed by atoms with Gasteiger partial charge < -0.3 is 0 Å². The van der Waals surface area contributed by atoms with Crippen LogP contribution in [0.4, 0.5) is 5.13 Å². The molecule has 5 nitrogen and oxygen atoms in total. The monoisotopic (exact) mass is 394 g/mol. The lowest BCUT2D eigenvalue weighted by atomic mass is 10.4. The van der Waals surface area contributed by atoms with Crippen molar-refractivity contribution in [1.29, 1.82) is 0 Å². The minimum Gasteiger partial charge on any atom is -0.293 e. The Morgan fingerprint density at radius 3 is 2.70 bits per heavy atom. The molecule has 0 amide bonds. The van der Waals surface area contributed by atoms with E-state index < -0.39 is 10.0 Å². The van der Waals surface area contributed by atoms with Crippen LogP contribution in [-0.2, 0) is 10.0 Å². The number of anilines is 1. The van der Waals surface area contributed by atoms with Crippen molar-refractivity contribution in [2.45, 2.75) is 11.8 Å². The molecule has 0 unspecified atom stereocenters. The summed E-state index contributed by atoms with van der Waals surface area (Å²) in [5, 5.41) is 2.05. The topological polar surface area (TPSA) is 76.1 Å². The number of rotatable bonds is 4. The fourth-order valence-corrected chi connectivity index (χ4v) is 3.98. The molecule has 2 aromatic rings. The first kappa shape index (κ1) is 15.4. The smallest absolute Gasteiger partial charge is 0.263 e. The van der Waals surface area contributed by atoms with Crippen LogP contribution in [0.5, 0.6) is 0 Å². The molecule has 0 atom stereocenters. The molecule has 1 N–H and O–H groups in total. The van der Waals surface area contributed by atoms with Crippen molar-refractivity contribution in [3.8, 4) is 0 Å². The predicted molar refractivity (Wildman–Crippen MR) is 82.1 cm³/mol. The summed E-state index contributed by atoms with van der Waals surface area (Å²) in [6, 6.07) is 4.25. The highest BCUT2D eigenvalue weighted by molar-refractivity contribution is 9.10. The van der Waals surface area contributed by atoms with E-state index in [0.717, 1.165) is 11.3 Å². The summed E-state index contributed by atoms with van der Waals surface area (Å²) in [5.74, 6) is -0.221. The van der Waals surface area contributed by atoms with E-state index in [1.54, 1.807) is 0 Å². The lowest BCUT2D eigenvalue weighted by molar-refractivity contribution is 0.101. The van der Waals surface area contributed by atoms with Crippen LogP contribution in [0.3, 0.4) is 0 Å². The van der Waals surface area contributed by atoms with Crippen molar-refractivity contribution < 1.29 is 13.2 Å². The molecule has 2 rings (SSSR count). The number of nitrogens with zero attached hydrogens (tertiary/aromatic N) is 1. The SMILES string of the molecule is CC(=O)c1csc(NS(=O)(=O)c2ccc(Cl)c(Br)c2)n1. The Labute approximate surface area is 133 Å². The highest BCUT2D eigenvalue weighted by atomic mass is 79.9. The van der Waals surface area contributed by atoms with Gasteiger partial charge in [-0.1, -0.05) is 11.6 Å². The Balaban J connectivity index is 2.30. The van der Waals surface area contributed by atoms with Crippen LogP contribution in [0.15, 0.2) is 32.9 Å². The fraction of sp³-hybridized carbons (Fsp3) is 0.0909. The third-order valence-corrected chi connectivity index (χ3v) is 5.73. The van der Waals surface area contributed by atoms with Gasteiger partial charge in [-0.05, 0) is 34.1 Å². The number of hydrogen-bond acceptors (Lipinski definition) is 5. The zero-order valence-electron chi connectivity index (χ0n) is 10.1. The summed E-state index contributed by atoms with van der Waals surface area (Å²) in [6.45, 7) is 1.36. The van der Waals surface area contributed by atoms with E-state index >= 15 is 0 Å². The van der Waals surface area contributed by atoms with E-state index in [-0.39, 0.29) is 21.5 Å². The normalized spacial score (nSPS) is 11.3. The lowest BCUT2D eigenvalue weighted by Crippen LogP contribution is -2.13. The Hall–Kier alpha value is -0.960. The van der Waals surface area contributed by atoms with Crippen LogP contribution < -0.4 is 4.72 Å². The van der Waals surface area contributed by atoms with E-state index in [1.807, 2.05) is 0 Å². The number of thiazole rings is 1. The number of benzene rings is 1. The van der Waals surface area contributed by atoms with Crippen molar-refractivity contribution in [1.82, 2.24) is 4.98 Å². The van der Waals surface area contributed by atoms with Gasteiger partial charge in [0.15, 0.2) is 10.9 Å². The first-order valence-corrected chi connectivity index (χ1v) is 8.77. The molecular weight excluding hydrogens is 388 g/mol. The maximum atomic E-state index is 12.2. The molecule has 1 aromatic heterocycles. The van der Waals surface area contributed by atoms with Crippen molar-refractivity contribution >= 4 is 59.8 Å². The average molecular weight is 396 g/mol. The van der Waals surface area contributed by atoms with Crippen LogP contribution >= 0.6 is 38.9 Å². The maximum Gasteiger partial charge on any atom is 0.263 e. The molecular formula is C11H8BrClN2O3S2. The molecule has 0 saturated carbocycles. The molecule has 0 bridgehead atoms. The lowest BCUT2D eigenvalue weighted by Gasteiger charge is -2.06. The number of ketones is 1. The number of halogens is 2. The molecule has 0 aliphatic heterocycles. The minimum absolute atomic E-state index is 0.0494. The Morgan fingerprint density at radius 1 is 1.45 bits per heavy atom. The zero-order chi connectivity index (χ0) is 14.9. The molecule has 0 radical (unpaired) electrons. The third kappa shape index (κ3) is 3.38. The van der Waals surface area contributed by atoms with Crippen molar-refractivity contribution in [3.05, 3.63) is 38.8 Å². The van der Waals surface area contributed by atoms with E-state index in [2.05, 4.69) is 25.6 Å². The molecule has 106 valence electrons. The van der Waals surface area contributed by atoms with Gasteiger partial charge >= 0.3 is 0 Å². The summed E-state index contributed by atoms with van der Waals surface area (Å²) >= 11 is 10.0. The first-order valence-electron chi connectivity index (χ1n) is 5.24. The van der Waals surface area contributed by atoms with Crippen molar-refractivity contribution in [2.75, 3.05) is 4.72 Å². The second-order valence-corrected chi connectivity index (χ2v) is 7.58. The van der Waals surface area contributed by atoms with Gasteiger partial charge in [0.25, 0.3) is 10.0 Å². The van der Waals surface area contributed by atoms with E-state index in [9.17, 15) is 13.2 Å². The number of hydrogen-bond donors (Lipinski definition) is 1. The molecule has 0 aliphatic carbocycles. The molecule has 0 saturated heterocycles. The Bertz CT molecular complexity index is 774. The summed E-state index contributed by atoms with van der Waals surface area (Å²) in [5.41, 5.74) is 0.227. The second-order valence-electron chi connectivity index (χ2n) is 3.78. The summed E-state index contributed by atoms with van der Waals surface area (Å²) in [7, 11) is -3.77. The summed E-state index contributed by atoms with van der Waals surface area (Å²) < 4.78 is 27.1. The van der Waals surface area contributed by atoms with E-state index in [4.69, 9.17) is 11.6 Å². The largest absolute Gasteiger partial charge is 0.293 e. The Kier molecular flexibility index (Phi) is 4.48. The average Bonchev–Trinajstić information content (AvgIpc) is 2.80. The van der Waals surface area contributed by atoms with Gasteiger partial charge in [-0.25, -0.2) is 13.4 Å². The zero-order valence-corrected chi connectivity index (χ0v) is 14.0. The van der Waals surface area contributed by atoms with Gasteiger partial charge in [-0.2, -0.15) is 0 Å². The number of Topliss-reactive ketones (excluding diaryl/α,β-unsaturated/α-hetero) is 1. The number of carbonyl (C=O) groups excluding carboxylic acids is 1. The van der Waals surface area contributed by atoms with Gasteiger partial charge in [0.2, 0.25) is 0 Å². The van der Waals surface area contributed by atoms with Gasteiger partial charge in [-0.3, -0.25) is 9.52 Å². The molecule has 1 aromatic carbocycles. The van der Waals surface area contributed by atoms with Gasteiger partial charge in [-0.15, -0.1) is 11.3 Å². The molecule has 0 fully saturated rings. The Morgan fingerprint density at radius 2 is 2.15 bits per heavy atom. The number of aromatic nitrogens is 1. The molecule has 0 spiro atoms. The quantitative estimate of drug-likeness (QED) is 0.803. The van der Waals surface area contributed by atoms with Crippen LogP contribution in [0.1, 0.15) is 17.4 Å². The van der Waals surface area contributed by atoms with Crippen LogP contribution in [0, 0.1) is 0 Å². The standard InChI is InChI=1S/C11H8BrClN2O3S2/c1-6(16)10-5-19-11(14-10)15-20(17,18)7-2-3-9(13)8(12)4-7/h2-5H,1H3,(H,14,15). The minimum atomic E-state index is -3.77. The highest BCUT2D eigenvalue weighted by Crippen LogP contribution is 2.27. The van der Waals surface area contributed by atoms with Gasteiger partial charge in [0, 0.05) is 16.8 Å². The number of carbonyl (C=O) groups is 1. The maximum absolute atomic E-state index is 12.2. The van der Waals surface area contributed by atoms with Crippen molar-refractivity contribution in [2.24, 2.45) is 0 Å². The number of sulfonamides is 1. The number of nitrogens with one attached hydrogen (secondary N) is 1. The highest BCUT2D eigenvalue weighted by Gasteiger charge is 2.18. The molecule has 0 aliphatic rings. The fourth-order valence-electron chi connectivity index (χ4n) is 1.30. The molecule has 1 heterocycles. The van der Waals surface area contributed by atoms with Crippen LogP contribution in [0.2, 0.25) is 5.02 Å². The van der Waals surface area contributed by atoms with Gasteiger partial charge in [0.1, 0.15) is 5.69 Å². The van der Waals surface area contributed by atoms with E-state index in [1.165, 1.54) is 30.5 Å². The second kappa shape index (κ2) is 5.80. The molecule has 9 heteroatoms. The molecule has 20 heavy (non-hydrogen) atoms. The van der Waals surface area contributed by atoms with Gasteiger partial charge in [0.05, 0.1) is 9.92 Å². The van der Waals surface area contributed by atoms with Crippen molar-refractivity contribution in [3.63, 3.8) is 0 Å². The van der Waals surface area contributed by atoms with E-state index in [0.29, 0.717) is 9.50 Å². The van der Waals surface area contributed by atoms with Crippen LogP contribution in [0.25, 0.3) is 0 Å². The first-order chi connectivity index (χ1) is 9.29. The third-order valence-electron chi connectivity index (χ3n) is 2.29. The van der Waals surface area contributed by atoms with Crippen LogP contribution in [-0.4, -0.2) is 19.2 Å². The summed E-state index contributed by atoms with van der Waals surface area (Å²) in [4.78, 5) is 15.1. The summed E-state index contributed by atoms with van der Waals surface area (Å²) in [6.07, 6.45) is 0. The predicted octanol–water partition coefficient (Wildman–Crippen LogP) is 3.56.